The lowest BCUT2D eigenvalue weighted by Crippen LogP contribution is -2.60. The zero-order chi connectivity index (χ0) is 58.9. The van der Waals surface area contributed by atoms with E-state index in [1.807, 2.05) is 11.8 Å². The zero-order valence-corrected chi connectivity index (χ0v) is 59.4. The predicted molar refractivity (Wildman–Crippen MR) is 339 cm³/mol. The maximum atomic E-state index is 5.62. The molecule has 0 fully saturated rings. The molecule has 0 radical (unpaired) electrons. The summed E-state index contributed by atoms with van der Waals surface area (Å²) in [7, 11) is -1.11. The summed E-state index contributed by atoms with van der Waals surface area (Å²) in [6.45, 7) is 104. The predicted octanol–water partition coefficient (Wildman–Crippen LogP) is 22.6. The Bertz CT molecular complexity index is 1410. The molecule has 0 aliphatic heterocycles. The quantitative estimate of drug-likeness (QED) is 0.260. The van der Waals surface area contributed by atoms with E-state index in [-0.39, 0.29) is 38.4 Å². The minimum atomic E-state index is -1.11. The van der Waals surface area contributed by atoms with E-state index in [4.69, 9.17) is 4.74 Å². The van der Waals surface area contributed by atoms with Crippen molar-refractivity contribution < 1.29 is 4.74 Å². The Morgan fingerprint density at radius 2 is 0.629 bits per heavy atom. The summed E-state index contributed by atoms with van der Waals surface area (Å²) in [5.41, 5.74) is 6.17. The highest BCUT2D eigenvalue weighted by atomic mass is 32.2. The maximum absolute atomic E-state index is 5.62. The third kappa shape index (κ3) is 32.9. The maximum Gasteiger partial charge on any atom is 0.187 e. The minimum absolute atomic E-state index is 0.0156. The van der Waals surface area contributed by atoms with Gasteiger partial charge in [0.15, 0.2) is 6.71 Å². The van der Waals surface area contributed by atoms with Crippen LogP contribution in [-0.4, -0.2) is 57.0 Å². The Morgan fingerprint density at radius 1 is 0.400 bits per heavy atom. The van der Waals surface area contributed by atoms with Crippen LogP contribution in [-0.2, 0) is 4.74 Å². The first-order valence-electron chi connectivity index (χ1n) is 27.6. The van der Waals surface area contributed by atoms with Crippen molar-refractivity contribution in [3.05, 3.63) is 29.3 Å². The highest BCUT2D eigenvalue weighted by Gasteiger charge is 2.45. The molecule has 70 heavy (non-hydrogen) atoms. The number of thioether (sulfide) groups is 1. The Morgan fingerprint density at radius 3 is 0.700 bits per heavy atom. The van der Waals surface area contributed by atoms with Gasteiger partial charge < -0.3 is 4.74 Å². The van der Waals surface area contributed by atoms with Gasteiger partial charge in [0.25, 0.3) is 0 Å². The lowest BCUT2D eigenvalue weighted by Gasteiger charge is -2.53. The first kappa shape index (κ1) is 78.7. The van der Waals surface area contributed by atoms with E-state index in [1.54, 1.807) is 5.46 Å². The van der Waals surface area contributed by atoms with Crippen LogP contribution in [0.3, 0.4) is 0 Å². The molecule has 0 aliphatic carbocycles. The number of aryl methyl sites for hydroxylation is 2. The molecule has 0 heterocycles. The van der Waals surface area contributed by atoms with Gasteiger partial charge in [-0.15, -0.1) is 0 Å². The molecule has 0 unspecified atom stereocenters. The number of hydrogen-bond donors (Lipinski definition) is 0. The highest BCUT2D eigenvalue weighted by Crippen LogP contribution is 2.51. The van der Waals surface area contributed by atoms with Crippen molar-refractivity contribution in [1.82, 2.24) is 4.90 Å². The average molecular weight is 1020 g/mol. The standard InChI is InChI=1S/C16H27B.C12H27N.C11H24.C10H24Si.C8H18O.C8H18S/c1-12-10-9-11-13(2)14(12)17(15(3,4)5)16(6,7)8;1-10(2,3)13(11(4,5)6)12(7,8)9;2*1-9(2,3)11(7,8)10(4,5)6;2*1-7(2,3)9-8(4,5)6/h9-11H,1-8H3;1-9H3;2*1-8H3;2*1-6H3. The fraction of sp³-hybridized carbons (Fsp3) is 0.908. The van der Waals surface area contributed by atoms with Gasteiger partial charge in [0, 0.05) is 26.1 Å². The van der Waals surface area contributed by atoms with Crippen LogP contribution in [0.5, 0.6) is 0 Å². The molecule has 1 aromatic carbocycles. The van der Waals surface area contributed by atoms with Gasteiger partial charge in [0.1, 0.15) is 0 Å². The van der Waals surface area contributed by atoms with Gasteiger partial charge in [-0.25, -0.2) is 0 Å². The Balaban J connectivity index is -0.000000245. The normalized spacial score (nSPS) is 14.3. The summed E-state index contributed by atoms with van der Waals surface area (Å²) < 4.78 is 6.43. The molecule has 0 atom stereocenters. The number of rotatable bonds is 1. The molecule has 422 valence electrons. The van der Waals surface area contributed by atoms with E-state index in [0.29, 0.717) is 42.5 Å². The first-order chi connectivity index (χ1) is 29.3. The van der Waals surface area contributed by atoms with Crippen molar-refractivity contribution in [1.29, 1.82) is 0 Å². The number of nitrogens with zero attached hydrogens (tertiary/aromatic N) is 1. The fourth-order valence-electron chi connectivity index (χ4n) is 10.6. The van der Waals surface area contributed by atoms with E-state index < -0.39 is 8.07 Å². The second-order valence-corrected chi connectivity index (χ2v) is 44.1. The third-order valence-corrected chi connectivity index (χ3v) is 23.0. The molecular formula is C65H138BNOSSi. The smallest absolute Gasteiger partial charge is 0.187 e. The molecule has 0 aromatic heterocycles. The third-order valence-electron chi connectivity index (χ3n) is 14.3. The second kappa shape index (κ2) is 26.2. The lowest BCUT2D eigenvalue weighted by atomic mass is 9.21. The molecule has 0 saturated heterocycles. The summed E-state index contributed by atoms with van der Waals surface area (Å²) in [5, 5.41) is 1.61. The largest absolute Gasteiger partial charge is 0.370 e. The summed E-state index contributed by atoms with van der Waals surface area (Å²) in [5.74, 6) is 0. The minimum Gasteiger partial charge on any atom is -0.370 e. The van der Waals surface area contributed by atoms with Gasteiger partial charge in [-0.05, 0) is 144 Å². The van der Waals surface area contributed by atoms with Crippen LogP contribution in [0.4, 0.5) is 0 Å². The molecule has 5 heteroatoms. The first-order valence-corrected chi connectivity index (χ1v) is 31.4. The molecule has 0 spiro atoms. The topological polar surface area (TPSA) is 12.5 Å². The molecule has 0 aliphatic rings. The highest BCUT2D eigenvalue weighted by molar-refractivity contribution is 8.01. The van der Waals surface area contributed by atoms with Crippen molar-refractivity contribution in [3.8, 4) is 0 Å². The summed E-state index contributed by atoms with van der Waals surface area (Å²) in [6, 6.07) is 6.65. The summed E-state index contributed by atoms with van der Waals surface area (Å²) in [6.07, 6.45) is 0. The molecule has 0 bridgehead atoms. The van der Waals surface area contributed by atoms with Gasteiger partial charge in [0.2, 0.25) is 0 Å². The second-order valence-electron chi connectivity index (χ2n) is 35.2. The van der Waals surface area contributed by atoms with Crippen LogP contribution in [0, 0.1) is 30.1 Å². The lowest BCUT2D eigenvalue weighted by molar-refractivity contribution is -0.102. The summed E-state index contributed by atoms with van der Waals surface area (Å²) in [4.78, 5) is 2.56. The van der Waals surface area contributed by atoms with Crippen LogP contribution >= 0.6 is 11.8 Å². The van der Waals surface area contributed by atoms with Gasteiger partial charge in [0.05, 0.1) is 19.3 Å². The molecule has 0 saturated carbocycles. The van der Waals surface area contributed by atoms with E-state index in [0.717, 1.165) is 0 Å². The van der Waals surface area contributed by atoms with E-state index in [1.165, 1.54) is 11.1 Å². The van der Waals surface area contributed by atoms with Crippen LogP contribution in [0.2, 0.25) is 33.8 Å². The Labute approximate surface area is 453 Å². The van der Waals surface area contributed by atoms with Gasteiger partial charge >= 0.3 is 0 Å². The number of benzene rings is 1. The van der Waals surface area contributed by atoms with Crippen molar-refractivity contribution in [2.45, 2.75) is 369 Å². The average Bonchev–Trinajstić information content (AvgIpc) is 2.90. The zero-order valence-electron chi connectivity index (χ0n) is 57.6. The molecular weight excluding hydrogens is 882 g/mol. The molecule has 1 rings (SSSR count). The van der Waals surface area contributed by atoms with Crippen LogP contribution in [0.1, 0.15) is 295 Å². The van der Waals surface area contributed by atoms with Crippen molar-refractivity contribution >= 4 is 32.0 Å². The molecule has 0 amide bonds. The Kier molecular flexibility index (Phi) is 29.5. The molecule has 0 N–H and O–H groups in total. The van der Waals surface area contributed by atoms with Crippen molar-refractivity contribution in [3.63, 3.8) is 0 Å². The van der Waals surface area contributed by atoms with Crippen LogP contribution in [0.25, 0.3) is 0 Å². The van der Waals surface area contributed by atoms with Gasteiger partial charge in [-0.3, -0.25) is 4.90 Å². The van der Waals surface area contributed by atoms with Gasteiger partial charge in [-0.1, -0.05) is 239 Å². The Hall–Kier alpha value is -0.228. The van der Waals surface area contributed by atoms with E-state index >= 15 is 0 Å². The monoisotopic (exact) mass is 1020 g/mol. The van der Waals surface area contributed by atoms with Crippen molar-refractivity contribution in [2.24, 2.45) is 16.2 Å². The molecule has 1 aromatic rings. The summed E-state index contributed by atoms with van der Waals surface area (Å²) >= 11 is 2.01. The fourth-order valence-corrected chi connectivity index (χ4v) is 14.6. The SMILES string of the molecule is CC(C)(C)C(C)(C)C(C)(C)C.CC(C)(C)N(C(C)(C)C)C(C)(C)C.CC(C)(C)OC(C)(C)C.CC(C)(C)SC(C)(C)C.CC(C)(C)[Si](C)(C)C(C)(C)C.Cc1cccc(C)c1B(C(C)(C)C)C(C)(C)C. The van der Waals surface area contributed by atoms with Crippen molar-refractivity contribution in [2.75, 3.05) is 0 Å². The molecule has 2 nitrogen and oxygen atoms in total. The van der Waals surface area contributed by atoms with Crippen LogP contribution < -0.4 is 5.46 Å². The van der Waals surface area contributed by atoms with Gasteiger partial charge in [-0.2, -0.15) is 11.8 Å². The van der Waals surface area contributed by atoms with E-state index in [9.17, 15) is 0 Å². The number of hydrogen-bond acceptors (Lipinski definition) is 3. The van der Waals surface area contributed by atoms with E-state index in [2.05, 4.69) is 334 Å². The van der Waals surface area contributed by atoms with Crippen LogP contribution in [0.15, 0.2) is 18.2 Å². The number of ether oxygens (including phenoxy) is 1.